The Bertz CT molecular complexity index is 582. The smallest absolute Gasteiger partial charge is 0.226 e. The van der Waals surface area contributed by atoms with Gasteiger partial charge in [-0.2, -0.15) is 0 Å². The number of fused-ring (bicyclic) bond motifs is 1. The Morgan fingerprint density at radius 2 is 1.83 bits per heavy atom. The van der Waals surface area contributed by atoms with Gasteiger partial charge in [-0.15, -0.1) is 0 Å². The van der Waals surface area contributed by atoms with Gasteiger partial charge >= 0.3 is 0 Å². The molecule has 0 spiro atoms. The van der Waals surface area contributed by atoms with Gasteiger partial charge in [-0.05, 0) is 32.6 Å². The Kier molecular flexibility index (Phi) is 4.61. The van der Waals surface area contributed by atoms with Crippen molar-refractivity contribution in [3.05, 3.63) is 17.2 Å². The molecular formula is C19H30N4O. The molecule has 1 saturated heterocycles. The quantitative estimate of drug-likeness (QED) is 0.905. The van der Waals surface area contributed by atoms with Crippen LogP contribution in [-0.4, -0.2) is 57.9 Å². The molecule has 2 fully saturated rings. The molecule has 0 aromatic carbocycles. The van der Waals surface area contributed by atoms with Crippen LogP contribution in [-0.2, 0) is 17.6 Å². The standard InChI is InChI=1S/C19H30N4O/c1-14-20-17-8-7-15(13-18(17)21-14)19(24)23-11-9-22(10-12-23)16-5-3-2-4-6-16/h15-16H,2-13H2,1H3,(H,20,21). The van der Waals surface area contributed by atoms with Crippen LogP contribution < -0.4 is 0 Å². The van der Waals surface area contributed by atoms with Crippen molar-refractivity contribution in [2.24, 2.45) is 5.92 Å². The monoisotopic (exact) mass is 330 g/mol. The number of piperazine rings is 1. The van der Waals surface area contributed by atoms with Gasteiger partial charge in [0.25, 0.3) is 0 Å². The summed E-state index contributed by atoms with van der Waals surface area (Å²) in [6.45, 7) is 5.97. The van der Waals surface area contributed by atoms with Gasteiger partial charge in [-0.3, -0.25) is 9.69 Å². The second-order valence-electron chi connectivity index (χ2n) is 7.84. The van der Waals surface area contributed by atoms with Crippen LogP contribution >= 0.6 is 0 Å². The zero-order valence-corrected chi connectivity index (χ0v) is 14.9. The maximum absolute atomic E-state index is 12.9. The van der Waals surface area contributed by atoms with Crippen molar-refractivity contribution in [3.63, 3.8) is 0 Å². The topological polar surface area (TPSA) is 52.2 Å². The number of amides is 1. The fourth-order valence-corrected chi connectivity index (χ4v) is 4.85. The number of hydrogen-bond donors (Lipinski definition) is 1. The van der Waals surface area contributed by atoms with Crippen LogP contribution in [0.25, 0.3) is 0 Å². The molecule has 1 amide bonds. The first kappa shape index (κ1) is 16.1. The van der Waals surface area contributed by atoms with Gasteiger partial charge in [0, 0.05) is 50.3 Å². The van der Waals surface area contributed by atoms with Gasteiger partial charge in [-0.1, -0.05) is 19.3 Å². The van der Waals surface area contributed by atoms with E-state index in [0.717, 1.165) is 57.3 Å². The third-order valence-electron chi connectivity index (χ3n) is 6.23. The Morgan fingerprint density at radius 3 is 2.58 bits per heavy atom. The van der Waals surface area contributed by atoms with Crippen molar-refractivity contribution < 1.29 is 4.79 Å². The molecule has 4 rings (SSSR count). The minimum atomic E-state index is 0.151. The first-order valence-corrected chi connectivity index (χ1v) is 9.78. The third kappa shape index (κ3) is 3.23. The van der Waals surface area contributed by atoms with E-state index in [4.69, 9.17) is 0 Å². The lowest BCUT2D eigenvalue weighted by Gasteiger charge is -2.41. The molecule has 1 N–H and O–H groups in total. The van der Waals surface area contributed by atoms with Crippen molar-refractivity contribution in [2.75, 3.05) is 26.2 Å². The SMILES string of the molecule is Cc1nc2c([nH]1)CC(C(=O)N1CCN(C3CCCCC3)CC1)CC2. The predicted molar refractivity (Wildman–Crippen MR) is 93.9 cm³/mol. The predicted octanol–water partition coefficient (Wildman–Crippen LogP) is 2.30. The lowest BCUT2D eigenvalue weighted by Crippen LogP contribution is -2.53. The van der Waals surface area contributed by atoms with Crippen molar-refractivity contribution in [1.82, 2.24) is 19.8 Å². The van der Waals surface area contributed by atoms with Crippen molar-refractivity contribution >= 4 is 5.91 Å². The van der Waals surface area contributed by atoms with E-state index in [1.165, 1.54) is 43.5 Å². The Morgan fingerprint density at radius 1 is 1.08 bits per heavy atom. The minimum Gasteiger partial charge on any atom is -0.346 e. The molecule has 1 aromatic heterocycles. The maximum Gasteiger partial charge on any atom is 0.226 e. The number of aryl methyl sites for hydroxylation is 2. The van der Waals surface area contributed by atoms with Gasteiger partial charge in [0.2, 0.25) is 5.91 Å². The summed E-state index contributed by atoms with van der Waals surface area (Å²) in [4.78, 5) is 25.6. The van der Waals surface area contributed by atoms with Crippen LogP contribution in [0.15, 0.2) is 0 Å². The molecule has 1 atom stereocenters. The van der Waals surface area contributed by atoms with Crippen LogP contribution in [0.3, 0.4) is 0 Å². The Hall–Kier alpha value is -1.36. The van der Waals surface area contributed by atoms with E-state index >= 15 is 0 Å². The lowest BCUT2D eigenvalue weighted by molar-refractivity contribution is -0.138. The summed E-state index contributed by atoms with van der Waals surface area (Å²) >= 11 is 0. The lowest BCUT2D eigenvalue weighted by atomic mass is 9.88. The highest BCUT2D eigenvalue weighted by molar-refractivity contribution is 5.79. The molecule has 3 aliphatic rings. The second-order valence-corrected chi connectivity index (χ2v) is 7.84. The van der Waals surface area contributed by atoms with E-state index in [9.17, 15) is 4.79 Å². The van der Waals surface area contributed by atoms with Crippen LogP contribution in [0.1, 0.15) is 55.7 Å². The molecule has 5 nitrogen and oxygen atoms in total. The second kappa shape index (κ2) is 6.87. The largest absolute Gasteiger partial charge is 0.346 e. The van der Waals surface area contributed by atoms with Crippen molar-refractivity contribution in [2.45, 2.75) is 64.3 Å². The molecule has 132 valence electrons. The average molecular weight is 330 g/mol. The Balaban J connectivity index is 1.32. The maximum atomic E-state index is 12.9. The molecule has 0 bridgehead atoms. The summed E-state index contributed by atoms with van der Waals surface area (Å²) in [7, 11) is 0. The molecule has 1 unspecified atom stereocenters. The van der Waals surface area contributed by atoms with Crippen LogP contribution in [0, 0.1) is 12.8 Å². The number of imidazole rings is 1. The highest BCUT2D eigenvalue weighted by atomic mass is 16.2. The molecule has 1 aliphatic heterocycles. The summed E-state index contributed by atoms with van der Waals surface area (Å²) in [6.07, 6.45) is 9.65. The zero-order chi connectivity index (χ0) is 16.5. The highest BCUT2D eigenvalue weighted by Crippen LogP contribution is 2.27. The molecule has 5 heteroatoms. The van der Waals surface area contributed by atoms with E-state index < -0.39 is 0 Å². The van der Waals surface area contributed by atoms with E-state index in [1.807, 2.05) is 6.92 Å². The van der Waals surface area contributed by atoms with Gasteiger partial charge in [0.05, 0.1) is 5.69 Å². The molecule has 1 saturated carbocycles. The molecule has 2 heterocycles. The number of H-pyrrole nitrogens is 1. The number of aromatic amines is 1. The number of aromatic nitrogens is 2. The van der Waals surface area contributed by atoms with Crippen LogP contribution in [0.2, 0.25) is 0 Å². The van der Waals surface area contributed by atoms with Gasteiger partial charge in [0.1, 0.15) is 5.82 Å². The molecule has 1 aromatic rings. The Labute approximate surface area is 144 Å². The van der Waals surface area contributed by atoms with Gasteiger partial charge < -0.3 is 9.88 Å². The first-order valence-electron chi connectivity index (χ1n) is 9.78. The summed E-state index contributed by atoms with van der Waals surface area (Å²) in [5.74, 6) is 1.50. The minimum absolute atomic E-state index is 0.151. The van der Waals surface area contributed by atoms with Gasteiger partial charge in [-0.25, -0.2) is 4.98 Å². The summed E-state index contributed by atoms with van der Waals surface area (Å²) in [6, 6.07) is 0.779. The summed E-state index contributed by atoms with van der Waals surface area (Å²) in [5, 5.41) is 0. The number of nitrogens with one attached hydrogen (secondary N) is 1. The summed E-state index contributed by atoms with van der Waals surface area (Å²) in [5.41, 5.74) is 2.37. The molecule has 2 aliphatic carbocycles. The van der Waals surface area contributed by atoms with E-state index in [0.29, 0.717) is 5.91 Å². The number of hydrogen-bond acceptors (Lipinski definition) is 3. The average Bonchev–Trinajstić information content (AvgIpc) is 3.01. The molecule has 24 heavy (non-hydrogen) atoms. The van der Waals surface area contributed by atoms with Crippen molar-refractivity contribution in [1.29, 1.82) is 0 Å². The number of carbonyl (C=O) groups is 1. The fraction of sp³-hybridized carbons (Fsp3) is 0.789. The number of carbonyl (C=O) groups excluding carboxylic acids is 1. The molecular weight excluding hydrogens is 300 g/mol. The van der Waals surface area contributed by atoms with Gasteiger partial charge in [0.15, 0.2) is 0 Å². The zero-order valence-electron chi connectivity index (χ0n) is 14.9. The third-order valence-corrected chi connectivity index (χ3v) is 6.23. The van der Waals surface area contributed by atoms with Crippen LogP contribution in [0.4, 0.5) is 0 Å². The number of rotatable bonds is 2. The highest BCUT2D eigenvalue weighted by Gasteiger charge is 2.32. The summed E-state index contributed by atoms with van der Waals surface area (Å²) < 4.78 is 0. The fourth-order valence-electron chi connectivity index (χ4n) is 4.85. The van der Waals surface area contributed by atoms with E-state index in [1.54, 1.807) is 0 Å². The van der Waals surface area contributed by atoms with Crippen LogP contribution in [0.5, 0.6) is 0 Å². The van der Waals surface area contributed by atoms with Crippen molar-refractivity contribution in [3.8, 4) is 0 Å². The first-order chi connectivity index (χ1) is 11.7. The van der Waals surface area contributed by atoms with E-state index in [-0.39, 0.29) is 5.92 Å². The number of nitrogens with zero attached hydrogens (tertiary/aromatic N) is 3. The molecule has 0 radical (unpaired) electrons. The van der Waals surface area contributed by atoms with E-state index in [2.05, 4.69) is 19.8 Å². The normalized spacial score (nSPS) is 26.4.